The second-order valence-corrected chi connectivity index (χ2v) is 6.38. The fourth-order valence-electron chi connectivity index (χ4n) is 3.30. The van der Waals surface area contributed by atoms with Crippen molar-refractivity contribution in [1.29, 1.82) is 0 Å². The molecule has 0 saturated carbocycles. The number of amides is 1. The predicted octanol–water partition coefficient (Wildman–Crippen LogP) is 4.66. The van der Waals surface area contributed by atoms with Crippen LogP contribution in [0.4, 0.5) is 0 Å². The Hall–Kier alpha value is -2.85. The number of methoxy groups -OCH3 is 1. The Morgan fingerprint density at radius 1 is 1.04 bits per heavy atom. The minimum Gasteiger partial charge on any atom is -0.493 e. The van der Waals surface area contributed by atoms with Gasteiger partial charge in [0.25, 0.3) is 5.91 Å². The van der Waals surface area contributed by atoms with Crippen molar-refractivity contribution in [2.75, 3.05) is 20.3 Å². The van der Waals surface area contributed by atoms with Crippen LogP contribution in [0.25, 0.3) is 10.8 Å². The Labute approximate surface area is 160 Å². The lowest BCUT2D eigenvalue weighted by Crippen LogP contribution is -2.30. The van der Waals surface area contributed by atoms with Crippen LogP contribution < -0.4 is 10.1 Å². The predicted molar refractivity (Wildman–Crippen MR) is 108 cm³/mol. The van der Waals surface area contributed by atoms with Gasteiger partial charge in [0.2, 0.25) is 0 Å². The number of carbonyl (C=O) groups is 1. The van der Waals surface area contributed by atoms with Gasteiger partial charge in [0.15, 0.2) is 0 Å². The molecule has 1 amide bonds. The van der Waals surface area contributed by atoms with E-state index in [1.807, 2.05) is 74.5 Å². The molecule has 0 fully saturated rings. The summed E-state index contributed by atoms with van der Waals surface area (Å²) < 4.78 is 11.3. The van der Waals surface area contributed by atoms with E-state index in [0.717, 1.165) is 21.9 Å². The van der Waals surface area contributed by atoms with Crippen molar-refractivity contribution in [1.82, 2.24) is 5.32 Å². The number of hydrogen-bond donors (Lipinski definition) is 1. The number of fused-ring (bicyclic) bond motifs is 1. The smallest absolute Gasteiger partial charge is 0.255 e. The van der Waals surface area contributed by atoms with Gasteiger partial charge in [-0.3, -0.25) is 4.79 Å². The first-order valence-electron chi connectivity index (χ1n) is 9.16. The molecule has 1 N–H and O–H groups in total. The summed E-state index contributed by atoms with van der Waals surface area (Å²) in [7, 11) is 1.66. The summed E-state index contributed by atoms with van der Waals surface area (Å²) in [4.78, 5) is 13.0. The summed E-state index contributed by atoms with van der Waals surface area (Å²) in [5.74, 6) is 0.435. The zero-order valence-electron chi connectivity index (χ0n) is 16.0. The van der Waals surface area contributed by atoms with Crippen molar-refractivity contribution in [3.05, 3.63) is 77.4 Å². The molecule has 1 unspecified atom stereocenters. The lowest BCUT2D eigenvalue weighted by Gasteiger charge is -2.19. The van der Waals surface area contributed by atoms with Gasteiger partial charge in [-0.2, -0.15) is 0 Å². The molecule has 0 heterocycles. The number of aryl methyl sites for hydroxylation is 1. The minimum atomic E-state index is -0.208. The average molecular weight is 363 g/mol. The van der Waals surface area contributed by atoms with Crippen LogP contribution in [0.15, 0.2) is 60.7 Å². The molecule has 1 atom stereocenters. The van der Waals surface area contributed by atoms with E-state index in [2.05, 4.69) is 5.32 Å². The quantitative estimate of drug-likeness (QED) is 0.664. The maximum Gasteiger partial charge on any atom is 0.255 e. The first-order chi connectivity index (χ1) is 13.2. The van der Waals surface area contributed by atoms with E-state index in [0.29, 0.717) is 24.5 Å². The molecule has 0 saturated heterocycles. The van der Waals surface area contributed by atoms with Crippen LogP contribution in [-0.4, -0.2) is 26.2 Å². The summed E-state index contributed by atoms with van der Waals surface area (Å²) in [5, 5.41) is 4.91. The summed E-state index contributed by atoms with van der Waals surface area (Å²) in [6.07, 6.45) is -0.208. The second kappa shape index (κ2) is 8.69. The van der Waals surface area contributed by atoms with Crippen molar-refractivity contribution in [2.24, 2.45) is 0 Å². The molecule has 0 radical (unpaired) electrons. The number of rotatable bonds is 7. The van der Waals surface area contributed by atoms with Crippen LogP contribution in [-0.2, 0) is 4.74 Å². The lowest BCUT2D eigenvalue weighted by atomic mass is 10.0. The number of nitrogens with one attached hydrogen (secondary N) is 1. The third-order valence-corrected chi connectivity index (χ3v) is 4.69. The van der Waals surface area contributed by atoms with Gasteiger partial charge >= 0.3 is 0 Å². The van der Waals surface area contributed by atoms with E-state index in [9.17, 15) is 4.79 Å². The van der Waals surface area contributed by atoms with Gasteiger partial charge in [0, 0.05) is 13.7 Å². The Morgan fingerprint density at radius 2 is 1.78 bits per heavy atom. The van der Waals surface area contributed by atoms with Gasteiger partial charge in [0.05, 0.1) is 18.3 Å². The van der Waals surface area contributed by atoms with Crippen LogP contribution in [0.2, 0.25) is 0 Å². The molecule has 3 aromatic carbocycles. The minimum absolute atomic E-state index is 0.161. The van der Waals surface area contributed by atoms with Gasteiger partial charge < -0.3 is 14.8 Å². The van der Waals surface area contributed by atoms with Crippen LogP contribution in [0.5, 0.6) is 5.75 Å². The highest BCUT2D eigenvalue weighted by atomic mass is 16.5. The highest BCUT2D eigenvalue weighted by Gasteiger charge is 2.19. The molecule has 140 valence electrons. The molecule has 0 aliphatic rings. The third kappa shape index (κ3) is 4.12. The highest BCUT2D eigenvalue weighted by Crippen LogP contribution is 2.28. The SMILES string of the molecule is CCOc1ccc2ccccc2c1C(=O)NCC(OC)c1ccccc1C. The van der Waals surface area contributed by atoms with Crippen LogP contribution in [0.1, 0.15) is 34.5 Å². The molecule has 0 bridgehead atoms. The molecule has 27 heavy (non-hydrogen) atoms. The van der Waals surface area contributed by atoms with Crippen molar-refractivity contribution in [3.8, 4) is 5.75 Å². The van der Waals surface area contributed by atoms with Gasteiger partial charge in [-0.25, -0.2) is 0 Å². The molecule has 3 rings (SSSR count). The van der Waals surface area contributed by atoms with Gasteiger partial charge in [-0.05, 0) is 41.8 Å². The van der Waals surface area contributed by atoms with Crippen LogP contribution in [0.3, 0.4) is 0 Å². The summed E-state index contributed by atoms with van der Waals surface area (Å²) in [5.41, 5.74) is 2.77. The largest absolute Gasteiger partial charge is 0.493 e. The zero-order chi connectivity index (χ0) is 19.2. The maximum absolute atomic E-state index is 13.0. The first-order valence-corrected chi connectivity index (χ1v) is 9.16. The van der Waals surface area contributed by atoms with E-state index in [4.69, 9.17) is 9.47 Å². The fourth-order valence-corrected chi connectivity index (χ4v) is 3.30. The second-order valence-electron chi connectivity index (χ2n) is 6.38. The average Bonchev–Trinajstić information content (AvgIpc) is 2.69. The standard InChI is InChI=1S/C23H25NO3/c1-4-27-20-14-13-17-10-6-8-12-19(17)22(20)23(25)24-15-21(26-3)18-11-7-5-9-16(18)2/h5-14,21H,4,15H2,1-3H3,(H,24,25). The number of ether oxygens (including phenoxy) is 2. The van der Waals surface area contributed by atoms with E-state index in [1.54, 1.807) is 7.11 Å². The molecular weight excluding hydrogens is 338 g/mol. The molecule has 4 nitrogen and oxygen atoms in total. The molecule has 0 spiro atoms. The van der Waals surface area contributed by atoms with Gasteiger partial charge in [-0.1, -0.05) is 54.6 Å². The van der Waals surface area contributed by atoms with Crippen molar-refractivity contribution in [3.63, 3.8) is 0 Å². The van der Waals surface area contributed by atoms with E-state index < -0.39 is 0 Å². The zero-order valence-corrected chi connectivity index (χ0v) is 16.0. The van der Waals surface area contributed by atoms with Gasteiger partial charge in [-0.15, -0.1) is 0 Å². The van der Waals surface area contributed by atoms with Crippen LogP contribution >= 0.6 is 0 Å². The Kier molecular flexibility index (Phi) is 6.09. The molecule has 3 aromatic rings. The number of benzene rings is 3. The normalized spacial score (nSPS) is 12.0. The van der Waals surface area contributed by atoms with Crippen molar-refractivity contribution < 1.29 is 14.3 Å². The number of hydrogen-bond acceptors (Lipinski definition) is 3. The number of carbonyl (C=O) groups excluding carboxylic acids is 1. The molecule has 4 heteroatoms. The Balaban J connectivity index is 1.87. The van der Waals surface area contributed by atoms with Gasteiger partial charge in [0.1, 0.15) is 5.75 Å². The molecular formula is C23H25NO3. The maximum atomic E-state index is 13.0. The topological polar surface area (TPSA) is 47.6 Å². The van der Waals surface area contributed by atoms with Crippen molar-refractivity contribution in [2.45, 2.75) is 20.0 Å². The lowest BCUT2D eigenvalue weighted by molar-refractivity contribution is 0.0824. The Bertz CT molecular complexity index is 936. The van der Waals surface area contributed by atoms with E-state index >= 15 is 0 Å². The third-order valence-electron chi connectivity index (χ3n) is 4.69. The first kappa shape index (κ1) is 18.9. The van der Waals surface area contributed by atoms with E-state index in [1.165, 1.54) is 0 Å². The van der Waals surface area contributed by atoms with Crippen LogP contribution in [0, 0.1) is 6.92 Å². The Morgan fingerprint density at radius 3 is 2.52 bits per heavy atom. The molecule has 0 aliphatic carbocycles. The summed E-state index contributed by atoms with van der Waals surface area (Å²) in [6, 6.07) is 19.7. The monoisotopic (exact) mass is 363 g/mol. The summed E-state index contributed by atoms with van der Waals surface area (Å²) >= 11 is 0. The molecule has 0 aliphatic heterocycles. The fraction of sp³-hybridized carbons (Fsp3) is 0.261. The van der Waals surface area contributed by atoms with Crippen molar-refractivity contribution >= 4 is 16.7 Å². The van der Waals surface area contributed by atoms with E-state index in [-0.39, 0.29) is 12.0 Å². The highest BCUT2D eigenvalue weighted by molar-refractivity contribution is 6.09. The summed E-state index contributed by atoms with van der Waals surface area (Å²) in [6.45, 7) is 4.84. The molecule has 0 aromatic heterocycles.